The minimum atomic E-state index is -4.05. The number of hydrogen-bond acceptors (Lipinski definition) is 3. The fourth-order valence-corrected chi connectivity index (χ4v) is 2.12. The second kappa shape index (κ2) is 6.77. The Hall–Kier alpha value is -0.870. The predicted octanol–water partition coefficient (Wildman–Crippen LogP) is 3.28. The Morgan fingerprint density at radius 2 is 1.82 bits per heavy atom. The van der Waals surface area contributed by atoms with E-state index in [-0.39, 0.29) is 11.3 Å². The number of hydrogen-bond donors (Lipinski definition) is 0. The molecule has 0 heterocycles. The van der Waals surface area contributed by atoms with Crippen LogP contribution in [0.1, 0.15) is 40.9 Å². The highest BCUT2D eigenvalue weighted by Gasteiger charge is 2.13. The molecule has 0 bridgehead atoms. The molecule has 0 aromatic heterocycles. The summed E-state index contributed by atoms with van der Waals surface area (Å²) < 4.78 is 43.8. The van der Waals surface area contributed by atoms with E-state index in [1.54, 1.807) is 12.1 Å². The fraction of sp³-hybridized carbons (Fsp3) is 0.538. The van der Waals surface area contributed by atoms with E-state index < -0.39 is 16.7 Å². The first kappa shape index (κ1) is 11.2. The number of rotatable bonds is 7. The Morgan fingerprint density at radius 1 is 1.18 bits per heavy atom. The van der Waals surface area contributed by atoms with Crippen molar-refractivity contribution in [3.8, 4) is 0 Å². The summed E-state index contributed by atoms with van der Waals surface area (Å²) in [7, 11) is -4.05. The van der Waals surface area contributed by atoms with Crippen molar-refractivity contribution in [2.24, 2.45) is 0 Å². The van der Waals surface area contributed by atoms with Gasteiger partial charge in [-0.05, 0) is 25.5 Å². The molecule has 1 aromatic carbocycles. The van der Waals surface area contributed by atoms with Crippen LogP contribution in [0.2, 0.25) is 0 Å². The third-order valence-corrected chi connectivity index (χ3v) is 3.55. The van der Waals surface area contributed by atoms with Gasteiger partial charge in [0.1, 0.15) is 0 Å². The monoisotopic (exact) mass is 258 g/mol. The molecule has 3 nitrogen and oxygen atoms in total. The average molecular weight is 258 g/mol. The van der Waals surface area contributed by atoms with Crippen LogP contribution in [0.3, 0.4) is 0 Å². The third kappa shape index (κ3) is 4.88. The van der Waals surface area contributed by atoms with Crippen molar-refractivity contribution in [3.05, 3.63) is 29.8 Å². The van der Waals surface area contributed by atoms with E-state index in [4.69, 9.17) is 6.92 Å². The van der Waals surface area contributed by atoms with Crippen molar-refractivity contribution in [3.63, 3.8) is 0 Å². The molecule has 0 fully saturated rings. The zero-order valence-corrected chi connectivity index (χ0v) is 11.1. The van der Waals surface area contributed by atoms with Gasteiger partial charge in [-0.3, -0.25) is 4.18 Å². The van der Waals surface area contributed by atoms with Crippen LogP contribution in [0.25, 0.3) is 0 Å². The van der Waals surface area contributed by atoms with Crippen molar-refractivity contribution < 1.29 is 15.3 Å². The van der Waals surface area contributed by atoms with Gasteiger partial charge in [-0.25, -0.2) is 0 Å². The lowest BCUT2D eigenvalue weighted by atomic mass is 10.2. The maximum atomic E-state index is 11.9. The summed E-state index contributed by atoms with van der Waals surface area (Å²) >= 11 is 0. The summed E-state index contributed by atoms with van der Waals surface area (Å²) in [4.78, 5) is -0.0162. The summed E-state index contributed by atoms with van der Waals surface area (Å²) in [6, 6.07) is 6.16. The first-order chi connectivity index (χ1) is 8.77. The van der Waals surface area contributed by atoms with Gasteiger partial charge in [0.15, 0.2) is 0 Å². The first-order valence-electron chi connectivity index (χ1n) is 6.79. The molecule has 4 heteroatoms. The second-order valence-electron chi connectivity index (χ2n) is 3.95. The van der Waals surface area contributed by atoms with Gasteiger partial charge >= 0.3 is 0 Å². The van der Waals surface area contributed by atoms with Gasteiger partial charge in [0.25, 0.3) is 10.1 Å². The minimum Gasteiger partial charge on any atom is -0.266 e. The quantitative estimate of drug-likeness (QED) is 0.557. The van der Waals surface area contributed by atoms with Gasteiger partial charge in [-0.15, -0.1) is 0 Å². The number of benzene rings is 1. The molecule has 96 valence electrons. The van der Waals surface area contributed by atoms with Crippen LogP contribution < -0.4 is 0 Å². The molecule has 0 spiro atoms. The molecule has 0 aliphatic carbocycles. The van der Waals surface area contributed by atoms with Crippen LogP contribution in [-0.4, -0.2) is 15.0 Å². The standard InChI is InChI=1S/C13H20O3S/c1-3-4-5-6-11-16-17(14,15)13-9-7-12(2)8-10-13/h7-10H,3-6,11H2,1-2H3/i11D2. The SMILES string of the molecule is [2H]C([2H])(CCCCC)OS(=O)(=O)c1ccc(C)cc1. The number of unbranched alkanes of at least 4 members (excludes halogenated alkanes) is 2. The summed E-state index contributed by atoms with van der Waals surface area (Å²) in [5.41, 5.74) is 0.935. The van der Waals surface area contributed by atoms with E-state index >= 15 is 0 Å². The van der Waals surface area contributed by atoms with E-state index in [1.165, 1.54) is 12.1 Å². The van der Waals surface area contributed by atoms with Crippen LogP contribution >= 0.6 is 0 Å². The van der Waals surface area contributed by atoms with Gasteiger partial charge < -0.3 is 0 Å². The molecular weight excluding hydrogens is 236 g/mol. The van der Waals surface area contributed by atoms with Gasteiger partial charge in [-0.1, -0.05) is 43.9 Å². The van der Waals surface area contributed by atoms with E-state index in [1.807, 2.05) is 13.8 Å². The van der Waals surface area contributed by atoms with Crippen molar-refractivity contribution in [2.75, 3.05) is 6.56 Å². The molecule has 0 radical (unpaired) electrons. The lowest BCUT2D eigenvalue weighted by Gasteiger charge is -2.05. The van der Waals surface area contributed by atoms with Gasteiger partial charge in [0, 0.05) is 0 Å². The predicted molar refractivity (Wildman–Crippen MR) is 68.5 cm³/mol. The van der Waals surface area contributed by atoms with Crippen LogP contribution in [0.15, 0.2) is 29.2 Å². The van der Waals surface area contributed by atoms with Crippen LogP contribution in [-0.2, 0) is 14.3 Å². The van der Waals surface area contributed by atoms with E-state index in [2.05, 4.69) is 0 Å². The van der Waals surface area contributed by atoms with Crippen LogP contribution in [0, 0.1) is 6.92 Å². The largest absolute Gasteiger partial charge is 0.296 e. The lowest BCUT2D eigenvalue weighted by molar-refractivity contribution is 0.307. The highest BCUT2D eigenvalue weighted by Crippen LogP contribution is 2.13. The maximum absolute atomic E-state index is 11.9. The zero-order chi connectivity index (χ0) is 14.5. The molecule has 0 saturated heterocycles. The molecule has 0 aliphatic heterocycles. The van der Waals surface area contributed by atoms with Crippen molar-refractivity contribution in [1.82, 2.24) is 0 Å². The first-order valence-corrected chi connectivity index (χ1v) is 7.20. The average Bonchev–Trinajstić information content (AvgIpc) is 2.28. The molecule has 1 rings (SSSR count). The Morgan fingerprint density at radius 3 is 2.41 bits per heavy atom. The van der Waals surface area contributed by atoms with Crippen molar-refractivity contribution in [2.45, 2.75) is 44.4 Å². The van der Waals surface area contributed by atoms with Crippen LogP contribution in [0.4, 0.5) is 0 Å². The van der Waals surface area contributed by atoms with E-state index in [0.29, 0.717) is 6.42 Å². The molecule has 17 heavy (non-hydrogen) atoms. The smallest absolute Gasteiger partial charge is 0.266 e. The summed E-state index contributed by atoms with van der Waals surface area (Å²) in [5.74, 6) is 0. The maximum Gasteiger partial charge on any atom is 0.296 e. The molecule has 0 atom stereocenters. The zero-order valence-electron chi connectivity index (χ0n) is 12.3. The highest BCUT2D eigenvalue weighted by atomic mass is 32.2. The second-order valence-corrected chi connectivity index (χ2v) is 5.50. The minimum absolute atomic E-state index is 0.0162. The number of aryl methyl sites for hydroxylation is 1. The van der Waals surface area contributed by atoms with E-state index in [9.17, 15) is 8.42 Å². The lowest BCUT2D eigenvalue weighted by Crippen LogP contribution is -2.07. The molecule has 0 saturated carbocycles. The molecule has 1 aromatic rings. The molecule has 0 N–H and O–H groups in total. The summed E-state index contributed by atoms with van der Waals surface area (Å²) in [6.07, 6.45) is 2.48. The fourth-order valence-electron chi connectivity index (χ4n) is 1.32. The molecule has 0 amide bonds. The molecule has 0 unspecified atom stereocenters. The van der Waals surface area contributed by atoms with Gasteiger partial charge in [0.2, 0.25) is 0 Å². The molecule has 0 aliphatic rings. The van der Waals surface area contributed by atoms with Crippen LogP contribution in [0.5, 0.6) is 0 Å². The topological polar surface area (TPSA) is 43.4 Å². The Balaban J connectivity index is 2.76. The Bertz CT molecular complexity index is 495. The third-order valence-electron chi connectivity index (χ3n) is 2.36. The van der Waals surface area contributed by atoms with Crippen molar-refractivity contribution >= 4 is 10.1 Å². The normalized spacial score (nSPS) is 14.2. The van der Waals surface area contributed by atoms with Gasteiger partial charge in [-0.2, -0.15) is 8.42 Å². The van der Waals surface area contributed by atoms with Crippen molar-refractivity contribution in [1.29, 1.82) is 0 Å². The Kier molecular flexibility index (Phi) is 4.47. The van der Waals surface area contributed by atoms with Gasteiger partial charge in [0.05, 0.1) is 14.2 Å². The summed E-state index contributed by atoms with van der Waals surface area (Å²) in [5, 5.41) is 0. The Labute approximate surface area is 107 Å². The summed E-state index contributed by atoms with van der Waals surface area (Å²) in [6.45, 7) is 1.69. The molecular formula is C13H20O3S. The van der Waals surface area contributed by atoms with E-state index in [0.717, 1.165) is 18.4 Å². The highest BCUT2D eigenvalue weighted by molar-refractivity contribution is 7.86.